The summed E-state index contributed by atoms with van der Waals surface area (Å²) in [4.78, 5) is 10.9. The smallest absolute Gasteiger partial charge is 0.331 e. The average molecular weight is 334 g/mol. The van der Waals surface area contributed by atoms with Crippen molar-refractivity contribution >= 4 is 28.0 Å². The molecule has 0 atom stereocenters. The lowest BCUT2D eigenvalue weighted by atomic mass is 10.1. The van der Waals surface area contributed by atoms with Gasteiger partial charge in [-0.05, 0) is 62.7 Å². The molecule has 1 aromatic heterocycles. The van der Waals surface area contributed by atoms with Crippen molar-refractivity contribution in [2.24, 2.45) is 0 Å². The fourth-order valence-corrected chi connectivity index (χ4v) is 2.48. The standard InChI is InChI=1S/C16H16BrNO2/c1-10(16(19)20)8-13-9-11(2)18(12(13)3)15-6-4-14(17)5-7-15/h4-9H,1-3H3,(H,19,20). The summed E-state index contributed by atoms with van der Waals surface area (Å²) in [5, 5.41) is 8.98. The quantitative estimate of drug-likeness (QED) is 0.848. The van der Waals surface area contributed by atoms with Crippen molar-refractivity contribution in [2.45, 2.75) is 20.8 Å². The molecule has 0 bridgehead atoms. The molecule has 0 aliphatic rings. The van der Waals surface area contributed by atoms with Crippen LogP contribution in [0.3, 0.4) is 0 Å². The molecule has 0 fully saturated rings. The first-order valence-electron chi connectivity index (χ1n) is 6.26. The van der Waals surface area contributed by atoms with Crippen LogP contribution >= 0.6 is 15.9 Å². The van der Waals surface area contributed by atoms with Gasteiger partial charge >= 0.3 is 5.97 Å². The Morgan fingerprint density at radius 3 is 2.40 bits per heavy atom. The fourth-order valence-electron chi connectivity index (χ4n) is 2.22. The highest BCUT2D eigenvalue weighted by Gasteiger charge is 2.10. The molecule has 0 spiro atoms. The molecule has 2 aromatic rings. The highest BCUT2D eigenvalue weighted by atomic mass is 79.9. The van der Waals surface area contributed by atoms with Gasteiger partial charge in [-0.15, -0.1) is 0 Å². The van der Waals surface area contributed by atoms with Crippen molar-refractivity contribution in [1.29, 1.82) is 0 Å². The number of hydrogen-bond donors (Lipinski definition) is 1. The molecule has 0 radical (unpaired) electrons. The molecular weight excluding hydrogens is 318 g/mol. The van der Waals surface area contributed by atoms with Gasteiger partial charge in [0.1, 0.15) is 0 Å². The van der Waals surface area contributed by atoms with E-state index < -0.39 is 5.97 Å². The predicted octanol–water partition coefficient (Wildman–Crippen LogP) is 4.34. The van der Waals surface area contributed by atoms with Crippen molar-refractivity contribution < 1.29 is 9.90 Å². The third-order valence-corrected chi connectivity index (χ3v) is 3.79. The zero-order valence-corrected chi connectivity index (χ0v) is 13.2. The molecule has 3 nitrogen and oxygen atoms in total. The molecule has 0 unspecified atom stereocenters. The Balaban J connectivity index is 2.52. The Labute approximate surface area is 126 Å². The molecule has 4 heteroatoms. The molecule has 20 heavy (non-hydrogen) atoms. The van der Waals surface area contributed by atoms with Crippen molar-refractivity contribution in [2.75, 3.05) is 0 Å². The van der Waals surface area contributed by atoms with Crippen molar-refractivity contribution in [3.63, 3.8) is 0 Å². The molecule has 0 aliphatic carbocycles. The van der Waals surface area contributed by atoms with Gasteiger partial charge < -0.3 is 9.67 Å². The van der Waals surface area contributed by atoms with Crippen LogP contribution in [-0.2, 0) is 4.79 Å². The van der Waals surface area contributed by atoms with E-state index in [1.165, 1.54) is 0 Å². The Hall–Kier alpha value is -1.81. The van der Waals surface area contributed by atoms with Crippen LogP contribution < -0.4 is 0 Å². The Morgan fingerprint density at radius 2 is 1.85 bits per heavy atom. The highest BCUT2D eigenvalue weighted by Crippen LogP contribution is 2.23. The van der Waals surface area contributed by atoms with Gasteiger partial charge in [0.2, 0.25) is 0 Å². The molecular formula is C16H16BrNO2. The number of carbonyl (C=O) groups is 1. The lowest BCUT2D eigenvalue weighted by molar-refractivity contribution is -0.132. The van der Waals surface area contributed by atoms with E-state index in [4.69, 9.17) is 5.11 Å². The number of aliphatic carboxylic acids is 1. The number of carboxylic acids is 1. The minimum Gasteiger partial charge on any atom is -0.478 e. The number of nitrogens with zero attached hydrogens (tertiary/aromatic N) is 1. The van der Waals surface area contributed by atoms with Gasteiger partial charge in [0.15, 0.2) is 0 Å². The van der Waals surface area contributed by atoms with Crippen LogP contribution in [0.15, 0.2) is 40.4 Å². The molecule has 1 aromatic carbocycles. The minimum atomic E-state index is -0.890. The maximum Gasteiger partial charge on any atom is 0.331 e. The number of aromatic nitrogens is 1. The van der Waals surface area contributed by atoms with Gasteiger partial charge in [0, 0.05) is 27.1 Å². The minimum absolute atomic E-state index is 0.334. The lowest BCUT2D eigenvalue weighted by Crippen LogP contribution is -1.99. The summed E-state index contributed by atoms with van der Waals surface area (Å²) in [6, 6.07) is 10.0. The van der Waals surface area contributed by atoms with E-state index in [1.54, 1.807) is 13.0 Å². The summed E-state index contributed by atoms with van der Waals surface area (Å²) in [7, 11) is 0. The van der Waals surface area contributed by atoms with E-state index in [0.29, 0.717) is 5.57 Å². The zero-order chi connectivity index (χ0) is 14.9. The third-order valence-electron chi connectivity index (χ3n) is 3.26. The summed E-state index contributed by atoms with van der Waals surface area (Å²) in [6.45, 7) is 5.62. The number of halogens is 1. The number of hydrogen-bond acceptors (Lipinski definition) is 1. The van der Waals surface area contributed by atoms with Crippen molar-refractivity contribution in [1.82, 2.24) is 4.57 Å². The second-order valence-electron chi connectivity index (χ2n) is 4.77. The van der Waals surface area contributed by atoms with E-state index in [9.17, 15) is 4.79 Å². The van der Waals surface area contributed by atoms with Crippen LogP contribution in [0.4, 0.5) is 0 Å². The van der Waals surface area contributed by atoms with Crippen LogP contribution in [-0.4, -0.2) is 15.6 Å². The Morgan fingerprint density at radius 1 is 1.25 bits per heavy atom. The first kappa shape index (κ1) is 14.6. The van der Waals surface area contributed by atoms with Gasteiger partial charge in [-0.1, -0.05) is 15.9 Å². The van der Waals surface area contributed by atoms with E-state index in [-0.39, 0.29) is 0 Å². The molecule has 0 aliphatic heterocycles. The van der Waals surface area contributed by atoms with Crippen molar-refractivity contribution in [3.8, 4) is 5.69 Å². The van der Waals surface area contributed by atoms with Gasteiger partial charge in [-0.3, -0.25) is 0 Å². The third kappa shape index (κ3) is 2.85. The largest absolute Gasteiger partial charge is 0.478 e. The van der Waals surface area contributed by atoms with E-state index in [2.05, 4.69) is 20.5 Å². The van der Waals surface area contributed by atoms with Crippen LogP contribution in [0.2, 0.25) is 0 Å². The molecule has 0 saturated heterocycles. The van der Waals surface area contributed by atoms with Crippen molar-refractivity contribution in [3.05, 3.63) is 57.3 Å². The summed E-state index contributed by atoms with van der Waals surface area (Å²) in [5.41, 5.74) is 4.45. The summed E-state index contributed by atoms with van der Waals surface area (Å²) >= 11 is 3.42. The Bertz CT molecular complexity index is 681. The van der Waals surface area contributed by atoms with Crippen LogP contribution in [0.1, 0.15) is 23.9 Å². The van der Waals surface area contributed by atoms with Gasteiger partial charge in [-0.2, -0.15) is 0 Å². The maximum absolute atomic E-state index is 10.9. The molecule has 1 heterocycles. The molecule has 0 amide bonds. The number of rotatable bonds is 3. The molecule has 1 N–H and O–H groups in total. The first-order chi connectivity index (χ1) is 9.40. The van der Waals surface area contributed by atoms with Crippen LogP contribution in [0.5, 0.6) is 0 Å². The van der Waals surface area contributed by atoms with E-state index >= 15 is 0 Å². The van der Waals surface area contributed by atoms with Gasteiger partial charge in [-0.25, -0.2) is 4.79 Å². The zero-order valence-electron chi connectivity index (χ0n) is 11.6. The SMILES string of the molecule is CC(=Cc1cc(C)n(-c2ccc(Br)cc2)c1C)C(=O)O. The number of benzene rings is 1. The van der Waals surface area contributed by atoms with Crippen LogP contribution in [0.25, 0.3) is 11.8 Å². The monoisotopic (exact) mass is 333 g/mol. The topological polar surface area (TPSA) is 42.2 Å². The summed E-state index contributed by atoms with van der Waals surface area (Å²) in [5.74, 6) is -0.890. The average Bonchev–Trinajstić information content (AvgIpc) is 2.66. The van der Waals surface area contributed by atoms with Crippen LogP contribution in [0, 0.1) is 13.8 Å². The second kappa shape index (κ2) is 5.67. The van der Waals surface area contributed by atoms with Gasteiger partial charge in [0.25, 0.3) is 0 Å². The highest BCUT2D eigenvalue weighted by molar-refractivity contribution is 9.10. The van der Waals surface area contributed by atoms with Gasteiger partial charge in [0.05, 0.1) is 0 Å². The Kier molecular flexibility index (Phi) is 4.14. The fraction of sp³-hybridized carbons (Fsp3) is 0.188. The number of aryl methyl sites for hydroxylation is 1. The van der Waals surface area contributed by atoms with E-state index in [1.807, 2.05) is 44.2 Å². The van der Waals surface area contributed by atoms with E-state index in [0.717, 1.165) is 27.1 Å². The first-order valence-corrected chi connectivity index (χ1v) is 7.06. The predicted molar refractivity (Wildman–Crippen MR) is 84.2 cm³/mol. The normalized spacial score (nSPS) is 11.7. The lowest BCUT2D eigenvalue weighted by Gasteiger charge is -2.09. The summed E-state index contributed by atoms with van der Waals surface area (Å²) < 4.78 is 3.15. The second-order valence-corrected chi connectivity index (χ2v) is 5.69. The maximum atomic E-state index is 10.9. The summed E-state index contributed by atoms with van der Waals surface area (Å²) in [6.07, 6.45) is 1.71. The number of carboxylic acid groups (broad SMARTS) is 1. The molecule has 2 rings (SSSR count). The molecule has 0 saturated carbocycles. The molecule has 104 valence electrons.